The van der Waals surface area contributed by atoms with Crippen LogP contribution in [-0.4, -0.2) is 113 Å². The van der Waals surface area contributed by atoms with Crippen LogP contribution in [-0.2, 0) is 20.4 Å². The van der Waals surface area contributed by atoms with Gasteiger partial charge >= 0.3 is 6.03 Å². The molecule has 2 fully saturated rings. The number of sulfonamides is 1. The predicted octanol–water partition coefficient (Wildman–Crippen LogP) is 3.86. The lowest BCUT2D eigenvalue weighted by atomic mass is 9.83. The lowest BCUT2D eigenvalue weighted by molar-refractivity contribution is -0.121. The molecular formula is C35H43ClN6O7S. The number of hydrogen-bond donors (Lipinski definition) is 1. The zero-order valence-corrected chi connectivity index (χ0v) is 30.5. The fourth-order valence-corrected chi connectivity index (χ4v) is 8.88. The van der Waals surface area contributed by atoms with E-state index in [4.69, 9.17) is 25.8 Å². The highest BCUT2D eigenvalue weighted by atomic mass is 35.5. The second-order valence-electron chi connectivity index (χ2n) is 12.8. The number of rotatable bonds is 9. The number of nitrogens with one attached hydrogen (secondary N) is 1. The van der Waals surface area contributed by atoms with Crippen LogP contribution in [0.1, 0.15) is 36.5 Å². The lowest BCUT2D eigenvalue weighted by Crippen LogP contribution is -2.61. The van der Waals surface area contributed by atoms with E-state index in [2.05, 4.69) is 27.1 Å². The Balaban J connectivity index is 1.45. The number of halogens is 1. The van der Waals surface area contributed by atoms with Crippen LogP contribution in [0.2, 0.25) is 5.02 Å². The van der Waals surface area contributed by atoms with Crippen molar-refractivity contribution in [2.45, 2.75) is 43.2 Å². The number of piperidine rings is 1. The molecule has 268 valence electrons. The zero-order valence-electron chi connectivity index (χ0n) is 28.9. The number of amides is 3. The van der Waals surface area contributed by atoms with Crippen molar-refractivity contribution < 1.29 is 32.2 Å². The average molecular weight is 727 g/mol. The maximum absolute atomic E-state index is 15.2. The van der Waals surface area contributed by atoms with Gasteiger partial charge in [0.1, 0.15) is 16.4 Å². The first-order chi connectivity index (χ1) is 23.9. The number of pyridine rings is 1. The molecule has 3 aliphatic heterocycles. The van der Waals surface area contributed by atoms with E-state index in [1.807, 2.05) is 0 Å². The normalized spacial score (nSPS) is 20.5. The van der Waals surface area contributed by atoms with Gasteiger partial charge in [-0.1, -0.05) is 11.6 Å². The maximum atomic E-state index is 15.2. The Hall–Kier alpha value is -4.11. The molecule has 3 aromatic rings. The number of piperazine rings is 1. The van der Waals surface area contributed by atoms with Gasteiger partial charge in [0.15, 0.2) is 5.54 Å². The van der Waals surface area contributed by atoms with E-state index in [1.54, 1.807) is 31.0 Å². The summed E-state index contributed by atoms with van der Waals surface area (Å²) in [5, 5.41) is 3.25. The molecule has 0 bridgehead atoms. The second kappa shape index (κ2) is 14.3. The number of benzene rings is 2. The molecule has 1 N–H and O–H groups in total. The quantitative estimate of drug-likeness (QED) is 0.347. The van der Waals surface area contributed by atoms with Crippen LogP contribution >= 0.6 is 11.6 Å². The Labute approximate surface area is 298 Å². The smallest absolute Gasteiger partial charge is 0.318 e. The van der Waals surface area contributed by atoms with Gasteiger partial charge in [-0.2, -0.15) is 4.31 Å². The van der Waals surface area contributed by atoms with E-state index >= 15 is 4.79 Å². The Kier molecular flexibility index (Phi) is 10.2. The van der Waals surface area contributed by atoms with Gasteiger partial charge < -0.3 is 29.3 Å². The third kappa shape index (κ3) is 6.34. The van der Waals surface area contributed by atoms with Crippen molar-refractivity contribution >= 4 is 39.2 Å². The van der Waals surface area contributed by atoms with Gasteiger partial charge in [0.25, 0.3) is 15.9 Å². The number of aromatic nitrogens is 1. The molecule has 0 spiro atoms. The largest absolute Gasteiger partial charge is 0.497 e. The lowest BCUT2D eigenvalue weighted by Gasteiger charge is -2.43. The van der Waals surface area contributed by atoms with Gasteiger partial charge in [-0.3, -0.25) is 9.69 Å². The number of ether oxygens (including phenoxy) is 3. The van der Waals surface area contributed by atoms with Crippen LogP contribution in [0, 0.1) is 6.92 Å². The van der Waals surface area contributed by atoms with E-state index in [0.717, 1.165) is 25.9 Å². The number of fused-ring (bicyclic) bond motifs is 1. The van der Waals surface area contributed by atoms with Gasteiger partial charge in [0, 0.05) is 55.1 Å². The molecule has 0 saturated carbocycles. The van der Waals surface area contributed by atoms with Crippen molar-refractivity contribution in [2.24, 2.45) is 0 Å². The number of nitrogens with zero attached hydrogens (tertiary/aromatic N) is 5. The summed E-state index contributed by atoms with van der Waals surface area (Å²) in [6, 6.07) is 10.3. The van der Waals surface area contributed by atoms with E-state index in [0.29, 0.717) is 47.8 Å². The summed E-state index contributed by atoms with van der Waals surface area (Å²) in [4.78, 5) is 40.2. The van der Waals surface area contributed by atoms with Crippen LogP contribution in [0.25, 0.3) is 0 Å². The van der Waals surface area contributed by atoms with Crippen molar-refractivity contribution in [2.75, 3.05) is 71.4 Å². The summed E-state index contributed by atoms with van der Waals surface area (Å²) in [7, 11) is 0.252. The molecule has 1 unspecified atom stereocenters. The second-order valence-corrected chi connectivity index (χ2v) is 15.0. The molecule has 4 heterocycles. The Morgan fingerprint density at radius 1 is 1.00 bits per heavy atom. The minimum absolute atomic E-state index is 0.0219. The van der Waals surface area contributed by atoms with Gasteiger partial charge in [-0.05, 0) is 88.8 Å². The number of aryl methyl sites for hydroxylation is 1. The SMILES string of the molecule is CCOc1ncc(C)cc1C1(NC(=O)N2CCN(C3CCN(C)CC3)CC2)C(=O)N(S(=O)(=O)c2ccc(OC)cc2OC)c2ccc(Cl)cc21. The molecule has 3 amide bonds. The summed E-state index contributed by atoms with van der Waals surface area (Å²) in [5.41, 5.74) is -1.05. The standard InChI is InChI=1S/C35H43ClN6O7S/c1-6-49-32-28(19-23(2)22-37-32)35(38-34(44)41-17-15-40(16-18-41)25-11-13-39(3)14-12-25)27-20-24(36)7-9-29(27)42(33(35)43)50(45,46)31-10-8-26(47-4)21-30(31)48-5/h7-10,19-22,25H,6,11-18H2,1-5H3,(H,38,44). The van der Waals surface area contributed by atoms with Crippen molar-refractivity contribution in [3.05, 3.63) is 70.4 Å². The minimum atomic E-state index is -4.66. The van der Waals surface area contributed by atoms with Gasteiger partial charge in [0.2, 0.25) is 5.88 Å². The van der Waals surface area contributed by atoms with Crippen molar-refractivity contribution in [3.8, 4) is 17.4 Å². The highest BCUT2D eigenvalue weighted by Crippen LogP contribution is 2.50. The van der Waals surface area contributed by atoms with E-state index < -0.39 is 27.5 Å². The first-order valence-electron chi connectivity index (χ1n) is 16.7. The first-order valence-corrected chi connectivity index (χ1v) is 18.5. The Morgan fingerprint density at radius 2 is 1.72 bits per heavy atom. The van der Waals surface area contributed by atoms with Crippen LogP contribution in [0.4, 0.5) is 10.5 Å². The number of carbonyl (C=O) groups excluding carboxylic acids is 2. The third-order valence-corrected chi connectivity index (χ3v) is 11.7. The Bertz CT molecular complexity index is 1880. The van der Waals surface area contributed by atoms with Crippen LogP contribution in [0.15, 0.2) is 53.6 Å². The molecule has 15 heteroatoms. The summed E-state index contributed by atoms with van der Waals surface area (Å²) in [6.45, 7) is 8.05. The molecule has 2 saturated heterocycles. The summed E-state index contributed by atoms with van der Waals surface area (Å²) in [6.07, 6.45) is 3.73. The Morgan fingerprint density at radius 3 is 2.38 bits per heavy atom. The number of hydrogen-bond acceptors (Lipinski definition) is 10. The summed E-state index contributed by atoms with van der Waals surface area (Å²) < 4.78 is 46.6. The first kappa shape index (κ1) is 35.7. The van der Waals surface area contributed by atoms with Gasteiger partial charge in [-0.15, -0.1) is 0 Å². The molecule has 3 aliphatic rings. The van der Waals surface area contributed by atoms with E-state index in [9.17, 15) is 13.2 Å². The molecule has 1 atom stereocenters. The van der Waals surface area contributed by atoms with Gasteiger partial charge in [0.05, 0.1) is 32.1 Å². The molecule has 0 aliphatic carbocycles. The van der Waals surface area contributed by atoms with Crippen molar-refractivity contribution in [1.29, 1.82) is 0 Å². The van der Waals surface area contributed by atoms with Crippen LogP contribution < -0.4 is 23.8 Å². The third-order valence-electron chi connectivity index (χ3n) is 9.75. The fraction of sp³-hybridized carbons (Fsp3) is 0.457. The average Bonchev–Trinajstić information content (AvgIpc) is 3.36. The fourth-order valence-electron chi connectivity index (χ4n) is 7.10. The molecule has 1 aromatic heterocycles. The summed E-state index contributed by atoms with van der Waals surface area (Å²) >= 11 is 6.57. The molecule has 2 aromatic carbocycles. The number of likely N-dealkylation sites (tertiary alicyclic amines) is 1. The van der Waals surface area contributed by atoms with Crippen LogP contribution in [0.5, 0.6) is 17.4 Å². The number of methoxy groups -OCH3 is 2. The molecule has 0 radical (unpaired) electrons. The number of anilines is 1. The minimum Gasteiger partial charge on any atom is -0.497 e. The predicted molar refractivity (Wildman–Crippen MR) is 189 cm³/mol. The highest BCUT2D eigenvalue weighted by Gasteiger charge is 2.59. The highest BCUT2D eigenvalue weighted by molar-refractivity contribution is 7.93. The van der Waals surface area contributed by atoms with Crippen molar-refractivity contribution in [3.63, 3.8) is 0 Å². The van der Waals surface area contributed by atoms with Crippen molar-refractivity contribution in [1.82, 2.24) is 25.0 Å². The monoisotopic (exact) mass is 726 g/mol. The molecule has 50 heavy (non-hydrogen) atoms. The van der Waals surface area contributed by atoms with E-state index in [1.165, 1.54) is 50.6 Å². The summed E-state index contributed by atoms with van der Waals surface area (Å²) in [5.74, 6) is -0.528. The zero-order chi connectivity index (χ0) is 35.8. The topological polar surface area (TPSA) is 134 Å². The van der Waals surface area contributed by atoms with E-state index in [-0.39, 0.29) is 45.0 Å². The van der Waals surface area contributed by atoms with Crippen LogP contribution in [0.3, 0.4) is 0 Å². The number of carbonyl (C=O) groups is 2. The number of urea groups is 1. The molecular weight excluding hydrogens is 684 g/mol. The molecule has 13 nitrogen and oxygen atoms in total. The molecule has 6 rings (SSSR count). The maximum Gasteiger partial charge on any atom is 0.318 e. The van der Waals surface area contributed by atoms with Gasteiger partial charge in [-0.25, -0.2) is 18.2 Å².